The summed E-state index contributed by atoms with van der Waals surface area (Å²) in [4.78, 5) is 30.3. The van der Waals surface area contributed by atoms with Crippen molar-refractivity contribution >= 4 is 34.2 Å². The summed E-state index contributed by atoms with van der Waals surface area (Å²) in [5, 5.41) is 3.74. The number of rotatable bonds is 4. The number of hydrogen-bond acceptors (Lipinski definition) is 3. The molecule has 0 unspecified atom stereocenters. The Morgan fingerprint density at radius 3 is 2.60 bits per heavy atom. The second kappa shape index (κ2) is 7.80. The van der Waals surface area contributed by atoms with Gasteiger partial charge in [-0.05, 0) is 73.9 Å². The Labute approximate surface area is 178 Å². The fraction of sp³-hybridized carbons (Fsp3) is 0.174. The lowest BCUT2D eigenvalue weighted by molar-refractivity contribution is -0.116. The Kier molecular flexibility index (Phi) is 5.18. The second-order valence-electron chi connectivity index (χ2n) is 7.35. The first kappa shape index (κ1) is 19.9. The van der Waals surface area contributed by atoms with Crippen molar-refractivity contribution in [3.8, 4) is 5.69 Å². The van der Waals surface area contributed by atoms with Gasteiger partial charge in [0.1, 0.15) is 6.54 Å². The van der Waals surface area contributed by atoms with Gasteiger partial charge in [0.25, 0.3) is 5.56 Å². The highest BCUT2D eigenvalue weighted by Gasteiger charge is 2.18. The van der Waals surface area contributed by atoms with Gasteiger partial charge in [-0.2, -0.15) is 0 Å². The third-order valence-electron chi connectivity index (χ3n) is 5.12. The van der Waals surface area contributed by atoms with Crippen LogP contribution in [-0.2, 0) is 11.3 Å². The summed E-state index contributed by atoms with van der Waals surface area (Å²) in [5.41, 5.74) is 4.62. The lowest BCUT2D eigenvalue weighted by Gasteiger charge is -2.14. The zero-order chi connectivity index (χ0) is 21.4. The van der Waals surface area contributed by atoms with E-state index < -0.39 is 0 Å². The first-order valence-electron chi connectivity index (χ1n) is 9.55. The molecule has 0 aliphatic rings. The van der Waals surface area contributed by atoms with E-state index >= 15 is 0 Å². The fourth-order valence-electron chi connectivity index (χ4n) is 3.39. The summed E-state index contributed by atoms with van der Waals surface area (Å²) in [6.45, 7) is 5.84. The summed E-state index contributed by atoms with van der Waals surface area (Å²) < 4.78 is 3.10. The predicted octanol–water partition coefficient (Wildman–Crippen LogP) is 4.40. The summed E-state index contributed by atoms with van der Waals surface area (Å²) in [5.74, 6) is -0.305. The Hall–Kier alpha value is -3.38. The van der Waals surface area contributed by atoms with Crippen LogP contribution in [0.4, 0.5) is 5.69 Å². The molecule has 0 saturated carbocycles. The van der Waals surface area contributed by atoms with Crippen molar-refractivity contribution in [1.82, 2.24) is 14.3 Å². The molecule has 0 radical (unpaired) electrons. The Balaban J connectivity index is 1.78. The van der Waals surface area contributed by atoms with Crippen LogP contribution < -0.4 is 10.9 Å². The number of benzene rings is 2. The van der Waals surface area contributed by atoms with E-state index in [4.69, 9.17) is 11.6 Å². The van der Waals surface area contributed by atoms with Crippen LogP contribution in [0.1, 0.15) is 16.7 Å². The molecule has 0 atom stereocenters. The number of nitrogens with one attached hydrogen (secondary N) is 1. The van der Waals surface area contributed by atoms with Crippen molar-refractivity contribution in [2.24, 2.45) is 0 Å². The number of hydrogen-bond donors (Lipinski definition) is 1. The SMILES string of the molecule is Cc1ccc(NC(=O)Cn2c3ncccc3c(=O)n2-c2ccc(C)c(C)c2)c(Cl)c1. The van der Waals surface area contributed by atoms with Crippen molar-refractivity contribution in [3.63, 3.8) is 0 Å². The highest BCUT2D eigenvalue weighted by molar-refractivity contribution is 6.33. The fourth-order valence-corrected chi connectivity index (χ4v) is 3.68. The van der Waals surface area contributed by atoms with Crippen molar-refractivity contribution in [2.75, 3.05) is 5.32 Å². The summed E-state index contributed by atoms with van der Waals surface area (Å²) in [6.07, 6.45) is 1.61. The predicted molar refractivity (Wildman–Crippen MR) is 120 cm³/mol. The minimum absolute atomic E-state index is 0.0904. The van der Waals surface area contributed by atoms with Crippen LogP contribution in [-0.4, -0.2) is 20.3 Å². The molecular formula is C23H21ClN4O2. The summed E-state index contributed by atoms with van der Waals surface area (Å²) in [7, 11) is 0. The molecule has 4 rings (SSSR count). The van der Waals surface area contributed by atoms with Gasteiger partial charge in [0.15, 0.2) is 5.65 Å². The van der Waals surface area contributed by atoms with E-state index in [2.05, 4.69) is 10.3 Å². The van der Waals surface area contributed by atoms with Crippen LogP contribution in [0.25, 0.3) is 16.7 Å². The van der Waals surface area contributed by atoms with Crippen LogP contribution in [0.2, 0.25) is 5.02 Å². The van der Waals surface area contributed by atoms with Gasteiger partial charge in [0, 0.05) is 6.20 Å². The molecule has 1 N–H and O–H groups in total. The van der Waals surface area contributed by atoms with Crippen molar-refractivity contribution in [1.29, 1.82) is 0 Å². The maximum absolute atomic E-state index is 13.1. The maximum Gasteiger partial charge on any atom is 0.280 e. The molecule has 2 heterocycles. The van der Waals surface area contributed by atoms with E-state index in [9.17, 15) is 9.59 Å². The molecule has 6 nitrogen and oxygen atoms in total. The molecule has 0 bridgehead atoms. The van der Waals surface area contributed by atoms with E-state index in [0.717, 1.165) is 16.7 Å². The van der Waals surface area contributed by atoms with Crippen LogP contribution in [0.15, 0.2) is 59.5 Å². The van der Waals surface area contributed by atoms with E-state index in [1.54, 1.807) is 35.1 Å². The normalized spacial score (nSPS) is 11.1. The van der Waals surface area contributed by atoms with Gasteiger partial charge in [-0.3, -0.25) is 14.3 Å². The highest BCUT2D eigenvalue weighted by atomic mass is 35.5. The largest absolute Gasteiger partial charge is 0.323 e. The van der Waals surface area contributed by atoms with E-state index in [-0.39, 0.29) is 18.0 Å². The first-order chi connectivity index (χ1) is 14.3. The van der Waals surface area contributed by atoms with Crippen LogP contribution >= 0.6 is 11.6 Å². The number of anilines is 1. The monoisotopic (exact) mass is 420 g/mol. The first-order valence-corrected chi connectivity index (χ1v) is 9.93. The molecule has 4 aromatic rings. The molecule has 152 valence electrons. The average molecular weight is 421 g/mol. The third-order valence-corrected chi connectivity index (χ3v) is 5.44. The molecule has 30 heavy (non-hydrogen) atoms. The van der Waals surface area contributed by atoms with Gasteiger partial charge in [-0.25, -0.2) is 9.67 Å². The van der Waals surface area contributed by atoms with Crippen molar-refractivity contribution in [2.45, 2.75) is 27.3 Å². The number of fused-ring (bicyclic) bond motifs is 1. The van der Waals surface area contributed by atoms with Gasteiger partial charge in [-0.1, -0.05) is 23.7 Å². The standard InChI is InChI=1S/C23H21ClN4O2/c1-14-6-9-20(19(24)11-14)26-21(29)13-27-22-18(5-4-10-25-22)23(30)28(27)17-8-7-15(2)16(3)12-17/h4-12H,13H2,1-3H3,(H,26,29). The maximum atomic E-state index is 13.1. The zero-order valence-electron chi connectivity index (χ0n) is 16.9. The number of aromatic nitrogens is 3. The number of carbonyl (C=O) groups is 1. The molecule has 1 amide bonds. The number of aryl methyl sites for hydroxylation is 3. The van der Waals surface area contributed by atoms with Gasteiger partial charge < -0.3 is 5.32 Å². The number of nitrogens with zero attached hydrogens (tertiary/aromatic N) is 3. The van der Waals surface area contributed by atoms with Crippen molar-refractivity contribution in [3.05, 3.63) is 86.8 Å². The highest BCUT2D eigenvalue weighted by Crippen LogP contribution is 2.23. The van der Waals surface area contributed by atoms with Gasteiger partial charge >= 0.3 is 0 Å². The number of pyridine rings is 1. The average Bonchev–Trinajstić information content (AvgIpc) is 2.98. The Morgan fingerprint density at radius 2 is 1.87 bits per heavy atom. The van der Waals surface area contributed by atoms with E-state index in [1.807, 2.05) is 45.0 Å². The minimum atomic E-state index is -0.305. The number of halogens is 1. The van der Waals surface area contributed by atoms with E-state index in [0.29, 0.717) is 27.4 Å². The quantitative estimate of drug-likeness (QED) is 0.531. The minimum Gasteiger partial charge on any atom is -0.323 e. The number of carbonyl (C=O) groups excluding carboxylic acids is 1. The van der Waals surface area contributed by atoms with Crippen LogP contribution in [0.3, 0.4) is 0 Å². The van der Waals surface area contributed by atoms with E-state index in [1.165, 1.54) is 4.68 Å². The summed E-state index contributed by atoms with van der Waals surface area (Å²) in [6, 6.07) is 14.6. The van der Waals surface area contributed by atoms with Gasteiger partial charge in [0.05, 0.1) is 21.8 Å². The molecule has 7 heteroatoms. The molecule has 2 aromatic carbocycles. The lowest BCUT2D eigenvalue weighted by atomic mass is 10.1. The topological polar surface area (TPSA) is 68.9 Å². The van der Waals surface area contributed by atoms with Crippen LogP contribution in [0, 0.1) is 20.8 Å². The molecule has 0 aliphatic carbocycles. The molecule has 0 aliphatic heterocycles. The van der Waals surface area contributed by atoms with Gasteiger partial charge in [-0.15, -0.1) is 0 Å². The van der Waals surface area contributed by atoms with Crippen LogP contribution in [0.5, 0.6) is 0 Å². The molecule has 0 saturated heterocycles. The van der Waals surface area contributed by atoms with Crippen molar-refractivity contribution < 1.29 is 4.79 Å². The lowest BCUT2D eigenvalue weighted by Crippen LogP contribution is -2.27. The third kappa shape index (κ3) is 3.62. The summed E-state index contributed by atoms with van der Waals surface area (Å²) >= 11 is 6.25. The molecule has 2 aromatic heterocycles. The smallest absolute Gasteiger partial charge is 0.280 e. The Morgan fingerprint density at radius 1 is 1.07 bits per heavy atom. The zero-order valence-corrected chi connectivity index (χ0v) is 17.7. The second-order valence-corrected chi connectivity index (χ2v) is 7.76. The molecular weight excluding hydrogens is 400 g/mol. The Bertz CT molecular complexity index is 1340. The van der Waals surface area contributed by atoms with Gasteiger partial charge in [0.2, 0.25) is 5.91 Å². The molecule has 0 fully saturated rings. The molecule has 0 spiro atoms. The number of amides is 1.